The minimum absolute atomic E-state index is 0.763. The highest BCUT2D eigenvalue weighted by molar-refractivity contribution is 4.98. The van der Waals surface area contributed by atoms with Crippen LogP contribution in [0.1, 0.15) is 19.3 Å². The van der Waals surface area contributed by atoms with Crippen LogP contribution in [0.4, 0.5) is 0 Å². The first kappa shape index (κ1) is 5.48. The Morgan fingerprint density at radius 1 is 1.44 bits per heavy atom. The van der Waals surface area contributed by atoms with Crippen molar-refractivity contribution >= 4 is 0 Å². The zero-order valence-corrected chi connectivity index (χ0v) is 5.64. The van der Waals surface area contributed by atoms with Gasteiger partial charge in [-0.15, -0.1) is 0 Å². The van der Waals surface area contributed by atoms with Crippen LogP contribution in [0.2, 0.25) is 0 Å². The maximum atomic E-state index is 3.29. The topological polar surface area (TPSA) is 3.24 Å². The summed E-state index contributed by atoms with van der Waals surface area (Å²) in [6.07, 6.45) is 9.45. The van der Waals surface area contributed by atoms with E-state index in [1.165, 1.54) is 25.9 Å². The summed E-state index contributed by atoms with van der Waals surface area (Å²) < 4.78 is 0. The predicted octanol–water partition coefficient (Wildman–Crippen LogP) is 1.21. The van der Waals surface area contributed by atoms with Crippen molar-refractivity contribution in [2.75, 3.05) is 13.1 Å². The lowest BCUT2D eigenvalue weighted by atomic mass is 10.1. The van der Waals surface area contributed by atoms with Gasteiger partial charge in [-0.1, -0.05) is 6.08 Å². The van der Waals surface area contributed by atoms with E-state index in [-0.39, 0.29) is 0 Å². The Bertz CT molecular complexity index is 129. The van der Waals surface area contributed by atoms with E-state index in [1.807, 2.05) is 0 Å². The number of hydrogen-bond acceptors (Lipinski definition) is 1. The lowest BCUT2D eigenvalue weighted by Gasteiger charge is -2.23. The Balaban J connectivity index is 2.10. The molecule has 2 aliphatic heterocycles. The summed E-state index contributed by atoms with van der Waals surface area (Å²) in [7, 11) is 0. The van der Waals surface area contributed by atoms with Gasteiger partial charge < -0.3 is 0 Å². The molecule has 49 valence electrons. The van der Waals surface area contributed by atoms with Crippen molar-refractivity contribution in [3.63, 3.8) is 0 Å². The SMILES string of the molecule is [C]1=CC2CCCN2CC1. The molecule has 1 radical (unpaired) electrons. The maximum absolute atomic E-state index is 3.29. The van der Waals surface area contributed by atoms with E-state index >= 15 is 0 Å². The monoisotopic (exact) mass is 122 g/mol. The van der Waals surface area contributed by atoms with Crippen LogP contribution in [0, 0.1) is 6.08 Å². The third kappa shape index (κ3) is 0.897. The molecule has 2 rings (SSSR count). The van der Waals surface area contributed by atoms with Gasteiger partial charge in [-0.2, -0.15) is 0 Å². The van der Waals surface area contributed by atoms with E-state index in [4.69, 9.17) is 0 Å². The fourth-order valence-electron chi connectivity index (χ4n) is 1.75. The average molecular weight is 122 g/mol. The van der Waals surface area contributed by atoms with E-state index in [2.05, 4.69) is 17.1 Å². The molecule has 0 aliphatic carbocycles. The highest BCUT2D eigenvalue weighted by atomic mass is 15.2. The van der Waals surface area contributed by atoms with Gasteiger partial charge in [-0.05, 0) is 31.9 Å². The van der Waals surface area contributed by atoms with Crippen LogP contribution in [0.15, 0.2) is 6.08 Å². The third-order valence-corrected chi connectivity index (χ3v) is 2.27. The molecule has 2 heterocycles. The molecule has 1 fully saturated rings. The minimum atomic E-state index is 0.763. The molecular weight excluding hydrogens is 110 g/mol. The predicted molar refractivity (Wildman–Crippen MR) is 37.0 cm³/mol. The van der Waals surface area contributed by atoms with E-state index in [9.17, 15) is 0 Å². The molecule has 0 bridgehead atoms. The second kappa shape index (κ2) is 2.14. The van der Waals surface area contributed by atoms with Crippen molar-refractivity contribution in [3.05, 3.63) is 12.2 Å². The Labute approximate surface area is 56.4 Å². The summed E-state index contributed by atoms with van der Waals surface area (Å²) in [4.78, 5) is 2.55. The van der Waals surface area contributed by atoms with E-state index < -0.39 is 0 Å². The molecular formula is C8H12N. The minimum Gasteiger partial charge on any atom is -0.297 e. The molecule has 0 amide bonds. The van der Waals surface area contributed by atoms with Crippen molar-refractivity contribution in [3.8, 4) is 0 Å². The molecule has 1 atom stereocenters. The average Bonchev–Trinajstić information content (AvgIpc) is 2.33. The van der Waals surface area contributed by atoms with Crippen LogP contribution in [0.3, 0.4) is 0 Å². The lowest BCUT2D eigenvalue weighted by molar-refractivity contribution is 0.281. The summed E-state index contributed by atoms with van der Waals surface area (Å²) in [5, 5.41) is 0. The molecule has 1 unspecified atom stereocenters. The van der Waals surface area contributed by atoms with E-state index in [0.717, 1.165) is 12.5 Å². The van der Waals surface area contributed by atoms with Crippen LogP contribution in [-0.4, -0.2) is 24.0 Å². The van der Waals surface area contributed by atoms with Gasteiger partial charge in [0.05, 0.1) is 0 Å². The molecule has 0 saturated carbocycles. The van der Waals surface area contributed by atoms with Gasteiger partial charge >= 0.3 is 0 Å². The highest BCUT2D eigenvalue weighted by Crippen LogP contribution is 2.20. The summed E-state index contributed by atoms with van der Waals surface area (Å²) >= 11 is 0. The normalized spacial score (nSPS) is 34.9. The quantitative estimate of drug-likeness (QED) is 0.467. The number of hydrogen-bond donors (Lipinski definition) is 0. The molecule has 0 aromatic carbocycles. The van der Waals surface area contributed by atoms with Crippen LogP contribution >= 0.6 is 0 Å². The molecule has 0 spiro atoms. The van der Waals surface area contributed by atoms with Gasteiger partial charge in [0.2, 0.25) is 0 Å². The molecule has 1 nitrogen and oxygen atoms in total. The maximum Gasteiger partial charge on any atom is 0.0284 e. The molecule has 1 heteroatoms. The molecule has 2 aliphatic rings. The van der Waals surface area contributed by atoms with Crippen molar-refractivity contribution in [1.29, 1.82) is 0 Å². The Morgan fingerprint density at radius 2 is 2.44 bits per heavy atom. The Morgan fingerprint density at radius 3 is 3.33 bits per heavy atom. The van der Waals surface area contributed by atoms with Crippen molar-refractivity contribution in [2.24, 2.45) is 0 Å². The number of fused-ring (bicyclic) bond motifs is 1. The van der Waals surface area contributed by atoms with E-state index in [0.29, 0.717) is 0 Å². The van der Waals surface area contributed by atoms with Gasteiger partial charge in [0.1, 0.15) is 0 Å². The first-order valence-corrected chi connectivity index (χ1v) is 3.77. The molecule has 0 aromatic rings. The van der Waals surface area contributed by atoms with E-state index in [1.54, 1.807) is 0 Å². The largest absolute Gasteiger partial charge is 0.297 e. The first-order chi connectivity index (χ1) is 4.47. The van der Waals surface area contributed by atoms with Crippen LogP contribution in [0.5, 0.6) is 0 Å². The molecule has 1 saturated heterocycles. The smallest absolute Gasteiger partial charge is 0.0284 e. The highest BCUT2D eigenvalue weighted by Gasteiger charge is 2.22. The van der Waals surface area contributed by atoms with Crippen LogP contribution in [-0.2, 0) is 0 Å². The standard InChI is InChI=1S/C8H12N/c1-2-6-9-7-3-5-8(9)4-1/h4,8H,2-3,5-7H2. The zero-order chi connectivity index (χ0) is 6.10. The molecule has 9 heavy (non-hydrogen) atoms. The van der Waals surface area contributed by atoms with Crippen molar-refractivity contribution in [2.45, 2.75) is 25.3 Å². The fraction of sp³-hybridized carbons (Fsp3) is 0.750. The van der Waals surface area contributed by atoms with Gasteiger partial charge in [0.25, 0.3) is 0 Å². The number of rotatable bonds is 0. The summed E-state index contributed by atoms with van der Waals surface area (Å²) in [6.45, 7) is 2.57. The van der Waals surface area contributed by atoms with Gasteiger partial charge in [0.15, 0.2) is 0 Å². The first-order valence-electron chi connectivity index (χ1n) is 3.77. The summed E-state index contributed by atoms with van der Waals surface area (Å²) in [5.74, 6) is 0. The lowest BCUT2D eigenvalue weighted by Crippen LogP contribution is -2.31. The van der Waals surface area contributed by atoms with Crippen molar-refractivity contribution in [1.82, 2.24) is 4.90 Å². The Kier molecular flexibility index (Phi) is 1.31. The second-order valence-electron chi connectivity index (χ2n) is 2.87. The van der Waals surface area contributed by atoms with Gasteiger partial charge in [0, 0.05) is 12.6 Å². The van der Waals surface area contributed by atoms with Crippen molar-refractivity contribution < 1.29 is 0 Å². The van der Waals surface area contributed by atoms with Gasteiger partial charge in [-0.3, -0.25) is 4.90 Å². The third-order valence-electron chi connectivity index (χ3n) is 2.27. The van der Waals surface area contributed by atoms with Crippen LogP contribution in [0.25, 0.3) is 0 Å². The number of nitrogens with zero attached hydrogens (tertiary/aromatic N) is 1. The van der Waals surface area contributed by atoms with Crippen LogP contribution < -0.4 is 0 Å². The zero-order valence-electron chi connectivity index (χ0n) is 5.64. The molecule has 0 aromatic heterocycles. The molecule has 0 N–H and O–H groups in total. The van der Waals surface area contributed by atoms with Gasteiger partial charge in [-0.25, -0.2) is 0 Å². The second-order valence-corrected chi connectivity index (χ2v) is 2.87. The summed E-state index contributed by atoms with van der Waals surface area (Å²) in [5.41, 5.74) is 0. The Hall–Kier alpha value is -0.300. The summed E-state index contributed by atoms with van der Waals surface area (Å²) in [6, 6.07) is 0.763. The fourth-order valence-corrected chi connectivity index (χ4v) is 1.75.